The van der Waals surface area contributed by atoms with Gasteiger partial charge in [0.05, 0.1) is 22.7 Å². The Balaban J connectivity index is 1.33. The molecule has 7 aromatic carbocycles. The second-order valence-corrected chi connectivity index (χ2v) is 13.8. The Morgan fingerprint density at radius 3 is 1.26 bits per heavy atom. The normalized spacial score (nSPS) is 15.7. The number of rotatable bonds is 2. The third-order valence-electron chi connectivity index (χ3n) is 10.6. The molecule has 0 saturated heterocycles. The van der Waals surface area contributed by atoms with E-state index in [0.29, 0.717) is 0 Å². The first kappa shape index (κ1) is 27.0. The van der Waals surface area contributed by atoms with Crippen LogP contribution in [0.1, 0.15) is 49.9 Å². The first-order chi connectivity index (χ1) is 22.4. The van der Waals surface area contributed by atoms with Crippen LogP contribution in [-0.2, 0) is 10.8 Å². The van der Waals surface area contributed by atoms with Crippen LogP contribution in [-0.4, -0.2) is 0 Å². The lowest BCUT2D eigenvalue weighted by Crippen LogP contribution is -2.31. The summed E-state index contributed by atoms with van der Waals surface area (Å²) in [6.45, 7) is 9.45. The summed E-state index contributed by atoms with van der Waals surface area (Å²) in [6, 6.07) is 53.9. The highest BCUT2D eigenvalue weighted by Crippen LogP contribution is 2.57. The van der Waals surface area contributed by atoms with Gasteiger partial charge < -0.3 is 9.80 Å². The highest BCUT2D eigenvalue weighted by Gasteiger charge is 2.40. The molecule has 0 radical (unpaired) electrons. The van der Waals surface area contributed by atoms with E-state index in [1.54, 1.807) is 0 Å². The predicted octanol–water partition coefficient (Wildman–Crippen LogP) is 12.2. The lowest BCUT2D eigenvalue weighted by Gasteiger charge is -2.44. The highest BCUT2D eigenvalue weighted by atomic mass is 15.2. The molecule has 0 unspecified atom stereocenters. The van der Waals surface area contributed by atoms with Crippen molar-refractivity contribution in [1.82, 2.24) is 0 Å². The van der Waals surface area contributed by atoms with Crippen molar-refractivity contribution < 1.29 is 0 Å². The van der Waals surface area contributed by atoms with Gasteiger partial charge >= 0.3 is 0 Å². The molecule has 0 aliphatic carbocycles. The number of hydrogen-bond acceptors (Lipinski definition) is 2. The van der Waals surface area contributed by atoms with Gasteiger partial charge in [0.1, 0.15) is 0 Å². The number of benzene rings is 7. The van der Waals surface area contributed by atoms with Crippen molar-refractivity contribution in [2.45, 2.75) is 38.5 Å². The Morgan fingerprint density at radius 2 is 0.783 bits per heavy atom. The van der Waals surface area contributed by atoms with Crippen LogP contribution >= 0.6 is 0 Å². The zero-order valence-corrected chi connectivity index (χ0v) is 26.8. The van der Waals surface area contributed by atoms with Crippen molar-refractivity contribution in [3.05, 3.63) is 168 Å². The first-order valence-electron chi connectivity index (χ1n) is 16.3. The number of fused-ring (bicyclic) bond motifs is 8. The predicted molar refractivity (Wildman–Crippen MR) is 195 cm³/mol. The van der Waals surface area contributed by atoms with Gasteiger partial charge in [-0.2, -0.15) is 0 Å². The molecule has 0 aromatic heterocycles. The molecular weight excluding hydrogens is 556 g/mol. The monoisotopic (exact) mass is 592 g/mol. The van der Waals surface area contributed by atoms with Gasteiger partial charge in [-0.1, -0.05) is 143 Å². The summed E-state index contributed by atoms with van der Waals surface area (Å²) in [7, 11) is 0. The number of para-hydroxylation sites is 2. The van der Waals surface area contributed by atoms with E-state index < -0.39 is 0 Å². The van der Waals surface area contributed by atoms with Gasteiger partial charge in [0.2, 0.25) is 0 Å². The Kier molecular flexibility index (Phi) is 5.63. The molecule has 0 bridgehead atoms. The van der Waals surface area contributed by atoms with Crippen molar-refractivity contribution >= 4 is 55.7 Å². The largest absolute Gasteiger partial charge is 0.309 e. The van der Waals surface area contributed by atoms with Crippen LogP contribution in [0.3, 0.4) is 0 Å². The zero-order chi connectivity index (χ0) is 31.2. The van der Waals surface area contributed by atoms with Crippen molar-refractivity contribution in [1.29, 1.82) is 0 Å². The van der Waals surface area contributed by atoms with Crippen LogP contribution < -0.4 is 9.80 Å². The lowest BCUT2D eigenvalue weighted by atomic mass is 9.72. The van der Waals surface area contributed by atoms with Gasteiger partial charge in [0, 0.05) is 33.0 Å². The van der Waals surface area contributed by atoms with Gasteiger partial charge in [0.15, 0.2) is 0 Å². The van der Waals surface area contributed by atoms with Gasteiger partial charge in [0.25, 0.3) is 0 Å². The Bertz CT molecular complexity index is 2180. The van der Waals surface area contributed by atoms with E-state index in [4.69, 9.17) is 0 Å². The molecule has 0 N–H and O–H groups in total. The minimum absolute atomic E-state index is 0.140. The third-order valence-corrected chi connectivity index (χ3v) is 10.6. The molecule has 2 aliphatic heterocycles. The molecule has 2 heteroatoms. The summed E-state index contributed by atoms with van der Waals surface area (Å²) < 4.78 is 0. The molecule has 46 heavy (non-hydrogen) atoms. The maximum absolute atomic E-state index is 2.51. The van der Waals surface area contributed by atoms with Gasteiger partial charge in [-0.15, -0.1) is 0 Å². The molecule has 7 aromatic rings. The SMILES string of the molecule is CC1(C)c2ccccc2N(c2cccc(N3c4ccccc4C(C)(C)c4ccc5ccccc5c43)c2)c2c1ccc1ccccc21. The fraction of sp³-hybridized carbons (Fsp3) is 0.136. The van der Waals surface area contributed by atoms with Gasteiger partial charge in [-0.05, 0) is 63.4 Å². The Hall–Kier alpha value is -5.34. The minimum Gasteiger partial charge on any atom is -0.309 e. The Morgan fingerprint density at radius 1 is 0.370 bits per heavy atom. The minimum atomic E-state index is -0.140. The standard InChI is InChI=1S/C44H36N2/c1-43(2)35-20-9-11-22-39(35)45(41-33-18-7-5-14-29(33)24-26-37(41)43)31-16-13-17-32(28-31)46-40-23-12-10-21-36(40)44(3,4)38-27-25-30-15-6-8-19-34(30)42(38)46/h5-28H,1-4H3. The molecule has 0 saturated carbocycles. The van der Waals surface area contributed by atoms with E-state index in [1.807, 2.05) is 0 Å². The number of hydrogen-bond donors (Lipinski definition) is 0. The van der Waals surface area contributed by atoms with Crippen molar-refractivity contribution in [2.24, 2.45) is 0 Å². The lowest BCUT2D eigenvalue weighted by molar-refractivity contribution is 0.633. The molecule has 9 rings (SSSR count). The molecule has 0 amide bonds. The first-order valence-corrected chi connectivity index (χ1v) is 16.3. The third kappa shape index (κ3) is 3.64. The van der Waals surface area contributed by atoms with Crippen molar-refractivity contribution in [3.8, 4) is 0 Å². The van der Waals surface area contributed by atoms with Crippen molar-refractivity contribution in [2.75, 3.05) is 9.80 Å². The number of anilines is 6. The van der Waals surface area contributed by atoms with E-state index >= 15 is 0 Å². The van der Waals surface area contributed by atoms with Gasteiger partial charge in [-0.3, -0.25) is 0 Å². The fourth-order valence-electron chi connectivity index (χ4n) is 8.23. The molecule has 0 fully saturated rings. The topological polar surface area (TPSA) is 6.48 Å². The van der Waals surface area contributed by atoms with E-state index in [1.165, 1.54) is 66.5 Å². The van der Waals surface area contributed by atoms with Crippen molar-refractivity contribution in [3.63, 3.8) is 0 Å². The van der Waals surface area contributed by atoms with E-state index in [9.17, 15) is 0 Å². The second kappa shape index (κ2) is 9.58. The van der Waals surface area contributed by atoms with E-state index in [2.05, 4.69) is 183 Å². The van der Waals surface area contributed by atoms with Crippen LogP contribution in [0.4, 0.5) is 34.1 Å². The summed E-state index contributed by atoms with van der Waals surface area (Å²) in [5.41, 5.74) is 12.4. The molecule has 0 spiro atoms. The molecular formula is C44H36N2. The van der Waals surface area contributed by atoms with Crippen LogP contribution in [0.2, 0.25) is 0 Å². The summed E-state index contributed by atoms with van der Waals surface area (Å²) in [4.78, 5) is 5.01. The smallest absolute Gasteiger partial charge is 0.0581 e. The average molecular weight is 593 g/mol. The molecule has 0 atom stereocenters. The average Bonchev–Trinajstić information content (AvgIpc) is 3.08. The maximum Gasteiger partial charge on any atom is 0.0581 e. The number of nitrogens with zero attached hydrogens (tertiary/aromatic N) is 2. The van der Waals surface area contributed by atoms with Crippen LogP contribution in [0.15, 0.2) is 146 Å². The van der Waals surface area contributed by atoms with Gasteiger partial charge in [-0.25, -0.2) is 0 Å². The molecule has 222 valence electrons. The molecule has 2 heterocycles. The summed E-state index contributed by atoms with van der Waals surface area (Å²) in [5, 5.41) is 5.05. The summed E-state index contributed by atoms with van der Waals surface area (Å²) in [6.07, 6.45) is 0. The molecule has 2 aliphatic rings. The van der Waals surface area contributed by atoms with Crippen LogP contribution in [0.5, 0.6) is 0 Å². The zero-order valence-electron chi connectivity index (χ0n) is 26.8. The quantitative estimate of drug-likeness (QED) is 0.197. The maximum atomic E-state index is 2.51. The van der Waals surface area contributed by atoms with E-state index in [0.717, 1.165) is 11.4 Å². The fourth-order valence-corrected chi connectivity index (χ4v) is 8.23. The molecule has 2 nitrogen and oxygen atoms in total. The highest BCUT2D eigenvalue weighted by molar-refractivity contribution is 6.05. The second-order valence-electron chi connectivity index (χ2n) is 13.8. The van der Waals surface area contributed by atoms with Crippen LogP contribution in [0, 0.1) is 0 Å². The summed E-state index contributed by atoms with van der Waals surface area (Å²) in [5.74, 6) is 0. The van der Waals surface area contributed by atoms with E-state index in [-0.39, 0.29) is 10.8 Å². The van der Waals surface area contributed by atoms with Crippen LogP contribution in [0.25, 0.3) is 21.5 Å². The Labute approximate surface area is 271 Å². The summed E-state index contributed by atoms with van der Waals surface area (Å²) >= 11 is 0.